The molecule has 1 amide bonds. The van der Waals surface area contributed by atoms with Crippen LogP contribution in [-0.2, 0) is 6.42 Å². The highest BCUT2D eigenvalue weighted by molar-refractivity contribution is 5.93. The van der Waals surface area contributed by atoms with Crippen LogP contribution in [0.5, 0.6) is 0 Å². The summed E-state index contributed by atoms with van der Waals surface area (Å²) >= 11 is 0. The molecule has 0 bridgehead atoms. The number of halogens is 2. The Morgan fingerprint density at radius 3 is 2.79 bits per heavy atom. The van der Waals surface area contributed by atoms with Gasteiger partial charge in [0.15, 0.2) is 5.89 Å². The van der Waals surface area contributed by atoms with Crippen LogP contribution < -0.4 is 0 Å². The van der Waals surface area contributed by atoms with Gasteiger partial charge in [-0.05, 0) is 48.7 Å². The quantitative estimate of drug-likeness (QED) is 0.469. The maximum absolute atomic E-state index is 14.1. The lowest BCUT2D eigenvalue weighted by Crippen LogP contribution is -2.39. The summed E-state index contributed by atoms with van der Waals surface area (Å²) < 4.78 is 33.1. The Kier molecular flexibility index (Phi) is 5.73. The standard InChI is InChI=1S/C25H22F2N4O2/c26-18-9-7-16(8-10-18)12-19-14-28-24(33-19)17-4-3-11-31(15-17)25(32)23-13-22(29-30-23)20-5-1-2-6-21(20)27/h1-2,5-10,13-14,17H,3-4,11-12,15H2,(H,29,30). The molecule has 2 aromatic heterocycles. The largest absolute Gasteiger partial charge is 0.445 e. The summed E-state index contributed by atoms with van der Waals surface area (Å²) in [7, 11) is 0. The SMILES string of the molecule is O=C(c1cc(-c2ccccc2F)n[nH]1)N1CCCC(c2ncc(Cc3ccc(F)cc3)o2)C1. The number of nitrogens with one attached hydrogen (secondary N) is 1. The minimum Gasteiger partial charge on any atom is -0.445 e. The molecule has 0 spiro atoms. The van der Waals surface area contributed by atoms with E-state index in [9.17, 15) is 13.6 Å². The van der Waals surface area contributed by atoms with Gasteiger partial charge < -0.3 is 9.32 Å². The smallest absolute Gasteiger partial charge is 0.271 e. The Morgan fingerprint density at radius 2 is 1.97 bits per heavy atom. The molecule has 2 aromatic carbocycles. The van der Waals surface area contributed by atoms with Gasteiger partial charge in [0, 0.05) is 25.1 Å². The van der Waals surface area contributed by atoms with E-state index in [-0.39, 0.29) is 23.5 Å². The van der Waals surface area contributed by atoms with E-state index in [2.05, 4.69) is 15.2 Å². The number of oxazole rings is 1. The number of H-pyrrole nitrogens is 1. The van der Waals surface area contributed by atoms with E-state index in [1.54, 1.807) is 47.5 Å². The van der Waals surface area contributed by atoms with Crippen molar-refractivity contribution in [1.29, 1.82) is 0 Å². The zero-order chi connectivity index (χ0) is 22.8. The highest BCUT2D eigenvalue weighted by atomic mass is 19.1. The fourth-order valence-corrected chi connectivity index (χ4v) is 4.17. The van der Waals surface area contributed by atoms with Crippen LogP contribution in [0.25, 0.3) is 11.3 Å². The van der Waals surface area contributed by atoms with Crippen molar-refractivity contribution < 1.29 is 18.0 Å². The topological polar surface area (TPSA) is 75.0 Å². The molecule has 1 N–H and O–H groups in total. The van der Waals surface area contributed by atoms with E-state index in [4.69, 9.17) is 4.42 Å². The molecular formula is C25H22F2N4O2. The van der Waals surface area contributed by atoms with Crippen LogP contribution in [0.4, 0.5) is 8.78 Å². The maximum atomic E-state index is 14.1. The summed E-state index contributed by atoms with van der Waals surface area (Å²) in [5, 5.41) is 6.87. The number of hydrogen-bond donors (Lipinski definition) is 1. The maximum Gasteiger partial charge on any atom is 0.271 e. The minimum absolute atomic E-state index is 0.0152. The summed E-state index contributed by atoms with van der Waals surface area (Å²) in [6, 6.07) is 14.2. The van der Waals surface area contributed by atoms with E-state index in [1.807, 2.05) is 0 Å². The molecule has 3 heterocycles. The third-order valence-corrected chi connectivity index (χ3v) is 5.88. The number of amides is 1. The lowest BCUT2D eigenvalue weighted by molar-refractivity contribution is 0.0692. The second-order valence-electron chi connectivity index (χ2n) is 8.21. The highest BCUT2D eigenvalue weighted by Crippen LogP contribution is 2.29. The van der Waals surface area contributed by atoms with E-state index < -0.39 is 0 Å². The van der Waals surface area contributed by atoms with Gasteiger partial charge in [0.05, 0.1) is 17.8 Å². The fraction of sp³-hybridized carbons (Fsp3) is 0.240. The summed E-state index contributed by atoms with van der Waals surface area (Å²) in [5.74, 6) is 0.430. The normalized spacial score (nSPS) is 16.2. The van der Waals surface area contributed by atoms with E-state index in [0.29, 0.717) is 48.1 Å². The van der Waals surface area contributed by atoms with Gasteiger partial charge in [-0.1, -0.05) is 24.3 Å². The molecule has 4 aromatic rings. The number of nitrogens with zero attached hydrogens (tertiary/aromatic N) is 3. The molecule has 1 aliphatic heterocycles. The van der Waals surface area contributed by atoms with Crippen molar-refractivity contribution in [3.05, 3.63) is 95.3 Å². The summed E-state index contributed by atoms with van der Waals surface area (Å²) in [5.41, 5.74) is 1.99. The van der Waals surface area contributed by atoms with Crippen LogP contribution in [0, 0.1) is 11.6 Å². The number of hydrogen-bond acceptors (Lipinski definition) is 4. The number of carbonyl (C=O) groups is 1. The average Bonchev–Trinajstić information content (AvgIpc) is 3.51. The predicted octanol–water partition coefficient (Wildman–Crippen LogP) is 4.95. The van der Waals surface area contributed by atoms with Gasteiger partial charge in [-0.25, -0.2) is 13.8 Å². The number of rotatable bonds is 5. The predicted molar refractivity (Wildman–Crippen MR) is 118 cm³/mol. The number of aromatic nitrogens is 3. The molecule has 5 rings (SSSR count). The van der Waals surface area contributed by atoms with Gasteiger partial charge in [-0.3, -0.25) is 9.89 Å². The molecule has 0 aliphatic carbocycles. The van der Waals surface area contributed by atoms with Gasteiger partial charge in [0.2, 0.25) is 0 Å². The van der Waals surface area contributed by atoms with Gasteiger partial charge in [0.1, 0.15) is 23.1 Å². The molecule has 1 fully saturated rings. The zero-order valence-corrected chi connectivity index (χ0v) is 17.8. The first kappa shape index (κ1) is 21.1. The zero-order valence-electron chi connectivity index (χ0n) is 17.8. The molecular weight excluding hydrogens is 426 g/mol. The summed E-state index contributed by atoms with van der Waals surface area (Å²) in [6.45, 7) is 1.09. The Morgan fingerprint density at radius 1 is 1.15 bits per heavy atom. The summed E-state index contributed by atoms with van der Waals surface area (Å²) in [4.78, 5) is 19.2. The van der Waals surface area contributed by atoms with Crippen molar-refractivity contribution in [3.63, 3.8) is 0 Å². The number of benzene rings is 2. The Labute approximate surface area is 189 Å². The van der Waals surface area contributed by atoms with Gasteiger partial charge in [-0.2, -0.15) is 5.10 Å². The average molecular weight is 448 g/mol. The van der Waals surface area contributed by atoms with E-state index in [1.165, 1.54) is 18.2 Å². The van der Waals surface area contributed by atoms with Crippen molar-refractivity contribution in [2.75, 3.05) is 13.1 Å². The summed E-state index contributed by atoms with van der Waals surface area (Å²) in [6.07, 6.45) is 3.90. The van der Waals surface area contributed by atoms with Gasteiger partial charge >= 0.3 is 0 Å². The molecule has 0 saturated carbocycles. The molecule has 1 aliphatic rings. The van der Waals surface area contributed by atoms with Gasteiger partial charge in [-0.15, -0.1) is 0 Å². The van der Waals surface area contributed by atoms with Crippen LogP contribution in [0.3, 0.4) is 0 Å². The molecule has 6 nitrogen and oxygen atoms in total. The van der Waals surface area contributed by atoms with E-state index in [0.717, 1.165) is 18.4 Å². The van der Waals surface area contributed by atoms with Crippen LogP contribution in [0.15, 0.2) is 65.2 Å². The molecule has 168 valence electrons. The Bertz CT molecular complexity index is 1270. The molecule has 0 radical (unpaired) electrons. The second kappa shape index (κ2) is 8.97. The minimum atomic E-state index is -0.388. The Hall–Kier alpha value is -3.81. The second-order valence-corrected chi connectivity index (χ2v) is 8.21. The van der Waals surface area contributed by atoms with Gasteiger partial charge in [0.25, 0.3) is 5.91 Å². The van der Waals surface area contributed by atoms with Crippen molar-refractivity contribution in [2.45, 2.75) is 25.2 Å². The highest BCUT2D eigenvalue weighted by Gasteiger charge is 2.29. The van der Waals surface area contributed by atoms with E-state index >= 15 is 0 Å². The van der Waals surface area contributed by atoms with Crippen molar-refractivity contribution in [2.24, 2.45) is 0 Å². The van der Waals surface area contributed by atoms with Crippen LogP contribution in [0.2, 0.25) is 0 Å². The third-order valence-electron chi connectivity index (χ3n) is 5.88. The first-order valence-electron chi connectivity index (χ1n) is 10.9. The number of carbonyl (C=O) groups excluding carboxylic acids is 1. The van der Waals surface area contributed by atoms with Crippen molar-refractivity contribution >= 4 is 5.91 Å². The molecule has 1 saturated heterocycles. The molecule has 8 heteroatoms. The Balaban J connectivity index is 1.26. The number of likely N-dealkylation sites (tertiary alicyclic amines) is 1. The first-order chi connectivity index (χ1) is 16.1. The third kappa shape index (κ3) is 4.55. The van der Waals surface area contributed by atoms with Crippen LogP contribution in [-0.4, -0.2) is 39.1 Å². The molecule has 1 atom stereocenters. The number of aromatic amines is 1. The van der Waals surface area contributed by atoms with Crippen LogP contribution >= 0.6 is 0 Å². The fourth-order valence-electron chi connectivity index (χ4n) is 4.17. The first-order valence-corrected chi connectivity index (χ1v) is 10.9. The lowest BCUT2D eigenvalue weighted by Gasteiger charge is -2.30. The molecule has 33 heavy (non-hydrogen) atoms. The monoisotopic (exact) mass is 448 g/mol. The lowest BCUT2D eigenvalue weighted by atomic mass is 9.97. The molecule has 1 unspecified atom stereocenters. The van der Waals surface area contributed by atoms with Crippen molar-refractivity contribution in [3.8, 4) is 11.3 Å². The number of piperidine rings is 1. The van der Waals surface area contributed by atoms with Crippen LogP contribution in [0.1, 0.15) is 46.5 Å². The van der Waals surface area contributed by atoms with Crippen molar-refractivity contribution in [1.82, 2.24) is 20.1 Å².